The van der Waals surface area contributed by atoms with Crippen LogP contribution in [0.2, 0.25) is 0 Å². The topological polar surface area (TPSA) is 61.9 Å². The molecule has 6 heteroatoms. The molecule has 2 aliphatic heterocycles. The van der Waals surface area contributed by atoms with Gasteiger partial charge in [-0.2, -0.15) is 0 Å². The second-order valence-corrected chi connectivity index (χ2v) is 8.90. The number of nitrogens with zero attached hydrogens (tertiary/aromatic N) is 2. The van der Waals surface area contributed by atoms with E-state index in [1.54, 1.807) is 19.2 Å². The van der Waals surface area contributed by atoms with Crippen molar-refractivity contribution in [1.29, 1.82) is 0 Å². The average molecular weight is 436 g/mol. The largest absolute Gasteiger partial charge is 0.497 e. The molecule has 1 spiro atoms. The third-order valence-corrected chi connectivity index (χ3v) is 6.91. The van der Waals surface area contributed by atoms with Gasteiger partial charge in [0.2, 0.25) is 5.91 Å². The highest BCUT2D eigenvalue weighted by atomic mass is 16.5. The first-order valence-corrected chi connectivity index (χ1v) is 11.6. The summed E-state index contributed by atoms with van der Waals surface area (Å²) in [6.07, 6.45) is 5.20. The SMILES string of the molecule is COc1ccc(CN2CCCC3(CCCN3C(=O)CNC(=O)c3ccccc3)CC2)cc1. The van der Waals surface area contributed by atoms with Crippen LogP contribution in [-0.2, 0) is 11.3 Å². The summed E-state index contributed by atoms with van der Waals surface area (Å²) in [4.78, 5) is 30.0. The van der Waals surface area contributed by atoms with E-state index in [0.717, 1.165) is 64.0 Å². The van der Waals surface area contributed by atoms with Crippen LogP contribution in [0.25, 0.3) is 0 Å². The van der Waals surface area contributed by atoms with Crippen LogP contribution in [0.15, 0.2) is 54.6 Å². The van der Waals surface area contributed by atoms with Crippen molar-refractivity contribution in [2.45, 2.75) is 44.2 Å². The van der Waals surface area contributed by atoms with Crippen LogP contribution in [0.4, 0.5) is 0 Å². The number of benzene rings is 2. The first-order valence-electron chi connectivity index (χ1n) is 11.6. The maximum absolute atomic E-state index is 13.1. The Labute approximate surface area is 190 Å². The molecule has 2 amide bonds. The van der Waals surface area contributed by atoms with E-state index in [1.165, 1.54) is 5.56 Å². The zero-order valence-electron chi connectivity index (χ0n) is 18.9. The number of methoxy groups -OCH3 is 1. The van der Waals surface area contributed by atoms with Crippen molar-refractivity contribution in [3.05, 3.63) is 65.7 Å². The van der Waals surface area contributed by atoms with Gasteiger partial charge >= 0.3 is 0 Å². The van der Waals surface area contributed by atoms with Gasteiger partial charge in [0.1, 0.15) is 5.75 Å². The highest BCUT2D eigenvalue weighted by Gasteiger charge is 2.43. The Morgan fingerprint density at radius 2 is 1.66 bits per heavy atom. The number of ether oxygens (including phenoxy) is 1. The molecule has 2 aromatic rings. The predicted octanol–water partition coefficient (Wildman–Crippen LogP) is 3.47. The van der Waals surface area contributed by atoms with E-state index in [0.29, 0.717) is 5.56 Å². The van der Waals surface area contributed by atoms with Gasteiger partial charge in [-0.05, 0) is 68.5 Å². The Bertz CT molecular complexity index is 916. The van der Waals surface area contributed by atoms with Crippen LogP contribution < -0.4 is 10.1 Å². The summed E-state index contributed by atoms with van der Waals surface area (Å²) >= 11 is 0. The quantitative estimate of drug-likeness (QED) is 0.755. The second kappa shape index (κ2) is 10.2. The molecular weight excluding hydrogens is 402 g/mol. The Hall–Kier alpha value is -2.86. The van der Waals surface area contributed by atoms with Gasteiger partial charge in [0.25, 0.3) is 5.91 Å². The van der Waals surface area contributed by atoms with Crippen molar-refractivity contribution < 1.29 is 14.3 Å². The van der Waals surface area contributed by atoms with Gasteiger partial charge in [-0.1, -0.05) is 30.3 Å². The zero-order chi connectivity index (χ0) is 22.4. The lowest BCUT2D eigenvalue weighted by molar-refractivity contribution is -0.134. The molecule has 2 fully saturated rings. The van der Waals surface area contributed by atoms with E-state index in [2.05, 4.69) is 27.2 Å². The molecule has 4 rings (SSSR count). The maximum atomic E-state index is 13.1. The van der Waals surface area contributed by atoms with E-state index in [1.807, 2.05) is 30.3 Å². The van der Waals surface area contributed by atoms with Gasteiger partial charge in [0, 0.05) is 30.7 Å². The standard InChI is InChI=1S/C26H33N3O3/c1-32-23-11-9-21(10-12-23)20-28-16-5-13-26(15-18-28)14-6-17-29(26)24(30)19-27-25(31)22-7-3-2-4-8-22/h2-4,7-12H,5-6,13-20H2,1H3,(H,27,31). The molecule has 0 radical (unpaired) electrons. The van der Waals surface area contributed by atoms with Crippen molar-refractivity contribution in [3.63, 3.8) is 0 Å². The number of amides is 2. The molecule has 1 N–H and O–H groups in total. The van der Waals surface area contributed by atoms with E-state index in [-0.39, 0.29) is 23.9 Å². The molecule has 0 saturated carbocycles. The van der Waals surface area contributed by atoms with Crippen molar-refractivity contribution in [2.24, 2.45) is 0 Å². The third-order valence-electron chi connectivity index (χ3n) is 6.91. The van der Waals surface area contributed by atoms with E-state index in [4.69, 9.17) is 4.74 Å². The Kier molecular flexibility index (Phi) is 7.10. The summed E-state index contributed by atoms with van der Waals surface area (Å²) in [5.74, 6) is 0.720. The van der Waals surface area contributed by atoms with Crippen molar-refractivity contribution in [3.8, 4) is 5.75 Å². The fourth-order valence-corrected chi connectivity index (χ4v) is 5.17. The van der Waals surface area contributed by atoms with Crippen molar-refractivity contribution in [1.82, 2.24) is 15.1 Å². The Morgan fingerprint density at radius 3 is 2.38 bits per heavy atom. The van der Waals surface area contributed by atoms with Crippen molar-refractivity contribution in [2.75, 3.05) is 33.3 Å². The van der Waals surface area contributed by atoms with Gasteiger partial charge in [0.05, 0.1) is 13.7 Å². The fourth-order valence-electron chi connectivity index (χ4n) is 5.17. The van der Waals surface area contributed by atoms with E-state index >= 15 is 0 Å². The van der Waals surface area contributed by atoms with Gasteiger partial charge < -0.3 is 15.0 Å². The monoisotopic (exact) mass is 435 g/mol. The van der Waals surface area contributed by atoms with Crippen molar-refractivity contribution >= 4 is 11.8 Å². The molecule has 0 aromatic heterocycles. The maximum Gasteiger partial charge on any atom is 0.251 e. The number of hydrogen-bond donors (Lipinski definition) is 1. The summed E-state index contributed by atoms with van der Waals surface area (Å²) in [7, 11) is 1.69. The molecule has 1 atom stereocenters. The predicted molar refractivity (Wildman–Crippen MR) is 125 cm³/mol. The van der Waals surface area contributed by atoms with E-state index in [9.17, 15) is 9.59 Å². The average Bonchev–Trinajstić information content (AvgIpc) is 3.14. The molecule has 2 aromatic carbocycles. The van der Waals surface area contributed by atoms with Gasteiger partial charge in [-0.3, -0.25) is 14.5 Å². The number of likely N-dealkylation sites (tertiary alicyclic amines) is 2. The number of rotatable bonds is 6. The minimum absolute atomic E-state index is 0.0374. The van der Waals surface area contributed by atoms with Crippen LogP contribution in [0.1, 0.15) is 48.0 Å². The summed E-state index contributed by atoms with van der Waals surface area (Å²) < 4.78 is 5.26. The molecule has 1 unspecified atom stereocenters. The first-order chi connectivity index (χ1) is 15.6. The minimum atomic E-state index is -0.196. The molecule has 0 bridgehead atoms. The molecule has 2 heterocycles. The molecular formula is C26H33N3O3. The lowest BCUT2D eigenvalue weighted by Gasteiger charge is -2.38. The van der Waals surface area contributed by atoms with Crippen LogP contribution in [-0.4, -0.2) is 60.4 Å². The van der Waals surface area contributed by atoms with Gasteiger partial charge in [-0.25, -0.2) is 0 Å². The van der Waals surface area contributed by atoms with Gasteiger partial charge in [0.15, 0.2) is 0 Å². The Morgan fingerprint density at radius 1 is 0.938 bits per heavy atom. The summed E-state index contributed by atoms with van der Waals surface area (Å²) in [5.41, 5.74) is 1.80. The first kappa shape index (κ1) is 22.3. The highest BCUT2D eigenvalue weighted by molar-refractivity contribution is 5.96. The molecule has 2 saturated heterocycles. The molecule has 2 aliphatic rings. The third kappa shape index (κ3) is 5.13. The van der Waals surface area contributed by atoms with Crippen LogP contribution >= 0.6 is 0 Å². The summed E-state index contributed by atoms with van der Waals surface area (Å²) in [6, 6.07) is 17.3. The summed E-state index contributed by atoms with van der Waals surface area (Å²) in [5, 5.41) is 2.81. The molecule has 6 nitrogen and oxygen atoms in total. The smallest absolute Gasteiger partial charge is 0.251 e. The minimum Gasteiger partial charge on any atom is -0.497 e. The zero-order valence-corrected chi connectivity index (χ0v) is 18.9. The Balaban J connectivity index is 1.34. The molecule has 0 aliphatic carbocycles. The van der Waals surface area contributed by atoms with E-state index < -0.39 is 0 Å². The van der Waals surface area contributed by atoms with Crippen LogP contribution in [0.3, 0.4) is 0 Å². The van der Waals surface area contributed by atoms with Crippen LogP contribution in [0.5, 0.6) is 5.75 Å². The fraction of sp³-hybridized carbons (Fsp3) is 0.462. The summed E-state index contributed by atoms with van der Waals surface area (Å²) in [6.45, 7) is 3.79. The second-order valence-electron chi connectivity index (χ2n) is 8.90. The number of carbonyl (C=O) groups is 2. The normalized spacial score (nSPS) is 21.3. The molecule has 170 valence electrons. The van der Waals surface area contributed by atoms with Crippen LogP contribution in [0, 0.1) is 0 Å². The number of nitrogens with one attached hydrogen (secondary N) is 1. The van der Waals surface area contributed by atoms with Gasteiger partial charge in [-0.15, -0.1) is 0 Å². The number of carbonyl (C=O) groups excluding carboxylic acids is 2. The highest BCUT2D eigenvalue weighted by Crippen LogP contribution is 2.38. The lowest BCUT2D eigenvalue weighted by atomic mass is 9.87. The number of hydrogen-bond acceptors (Lipinski definition) is 4. The lowest BCUT2D eigenvalue weighted by Crippen LogP contribution is -2.51. The molecule has 32 heavy (non-hydrogen) atoms.